The quantitative estimate of drug-likeness (QED) is 0.136. The Labute approximate surface area is 501 Å². The Balaban J connectivity index is 1.03. The van der Waals surface area contributed by atoms with Crippen LogP contribution in [0.15, 0.2) is 312 Å². The smallest absolute Gasteiger partial charge is 0.164 e. The maximum absolute atomic E-state index is 6.51. The van der Waals surface area contributed by atoms with Gasteiger partial charge in [0.1, 0.15) is 22.3 Å². The third kappa shape index (κ3) is 8.45. The van der Waals surface area contributed by atoms with E-state index in [-0.39, 0.29) is 0 Å². The minimum Gasteiger partial charge on any atom is -0.456 e. The van der Waals surface area contributed by atoms with Gasteiger partial charge in [-0.2, -0.15) is 0 Å². The zero-order valence-corrected chi connectivity index (χ0v) is 47.0. The van der Waals surface area contributed by atoms with Crippen LogP contribution >= 0.6 is 0 Å². The summed E-state index contributed by atoms with van der Waals surface area (Å²) in [6, 6.07) is 108. The molecular formula is C81H50N4O2. The van der Waals surface area contributed by atoms with Gasteiger partial charge in [-0.05, 0) is 93.0 Å². The van der Waals surface area contributed by atoms with Gasteiger partial charge in [-0.3, -0.25) is 0 Å². The number of aromatic nitrogens is 4. The lowest BCUT2D eigenvalue weighted by molar-refractivity contribution is 0.668. The molecule has 0 saturated carbocycles. The van der Waals surface area contributed by atoms with E-state index in [9.17, 15) is 0 Å². The number of hydrogen-bond acceptors (Lipinski definition) is 5. The second-order valence-corrected chi connectivity index (χ2v) is 22.1. The zero-order chi connectivity index (χ0) is 57.4. The second kappa shape index (κ2) is 20.6. The number of furan rings is 2. The Kier molecular flexibility index (Phi) is 11.8. The van der Waals surface area contributed by atoms with E-state index in [1.807, 2.05) is 36.4 Å². The van der Waals surface area contributed by atoms with E-state index in [1.165, 1.54) is 0 Å². The fourth-order valence-electron chi connectivity index (χ4n) is 13.1. The third-order valence-corrected chi connectivity index (χ3v) is 17.1. The zero-order valence-electron chi connectivity index (χ0n) is 47.0. The van der Waals surface area contributed by atoms with Crippen LogP contribution in [0.3, 0.4) is 0 Å². The van der Waals surface area contributed by atoms with Crippen LogP contribution in [0.1, 0.15) is 0 Å². The Morgan fingerprint density at radius 2 is 0.517 bits per heavy atom. The van der Waals surface area contributed by atoms with Gasteiger partial charge in [0.2, 0.25) is 0 Å². The molecule has 13 aromatic carbocycles. The van der Waals surface area contributed by atoms with Crippen LogP contribution in [-0.4, -0.2) is 19.5 Å². The lowest BCUT2D eigenvalue weighted by atomic mass is 9.90. The van der Waals surface area contributed by atoms with Gasteiger partial charge in [-0.25, -0.2) is 15.0 Å². The Morgan fingerprint density at radius 1 is 0.218 bits per heavy atom. The van der Waals surface area contributed by atoms with Crippen molar-refractivity contribution in [2.75, 3.05) is 0 Å². The molecule has 0 unspecified atom stereocenters. The summed E-state index contributed by atoms with van der Waals surface area (Å²) in [4.78, 5) is 16.4. The SMILES string of the molecule is c1ccc(-c2cc(-c3nc(-c4ccc5c(c4)oc4ccccc45)nc(-c4ccc5c(c4)oc4ccccc45)n3)cc(-c3ccccc3)c2-n2c3c(-c4ccccc4)ccc(-c4ccccc4)c3c3c(-c4ccccc4)ccc(-c4ccccc4)c32)cc1. The van der Waals surface area contributed by atoms with Crippen molar-refractivity contribution in [3.05, 3.63) is 303 Å². The first-order chi connectivity index (χ1) is 43.1. The Bertz CT molecular complexity index is 5150. The molecule has 4 aromatic heterocycles. The second-order valence-electron chi connectivity index (χ2n) is 22.1. The molecule has 0 N–H and O–H groups in total. The molecule has 406 valence electrons. The highest BCUT2D eigenvalue weighted by Crippen LogP contribution is 2.52. The van der Waals surface area contributed by atoms with E-state index >= 15 is 0 Å². The summed E-state index contributed by atoms with van der Waals surface area (Å²) in [5.74, 6) is 1.54. The summed E-state index contributed by atoms with van der Waals surface area (Å²) in [6.45, 7) is 0. The molecule has 0 spiro atoms. The first-order valence-electron chi connectivity index (χ1n) is 29.4. The maximum Gasteiger partial charge on any atom is 0.164 e. The predicted octanol–water partition coefficient (Wildman–Crippen LogP) is 21.8. The highest BCUT2D eigenvalue weighted by Gasteiger charge is 2.30. The molecule has 4 heterocycles. The Morgan fingerprint density at radius 3 is 0.897 bits per heavy atom. The van der Waals surface area contributed by atoms with E-state index < -0.39 is 0 Å². The first kappa shape index (κ1) is 49.8. The van der Waals surface area contributed by atoms with Crippen molar-refractivity contribution < 1.29 is 8.83 Å². The molecule has 0 radical (unpaired) electrons. The molecular weight excluding hydrogens is 1060 g/mol. The number of benzene rings is 13. The van der Waals surface area contributed by atoms with Gasteiger partial charge >= 0.3 is 0 Å². The molecule has 0 bridgehead atoms. The lowest BCUT2D eigenvalue weighted by Crippen LogP contribution is -2.05. The number of hydrogen-bond donors (Lipinski definition) is 0. The lowest BCUT2D eigenvalue weighted by Gasteiger charge is -2.23. The normalized spacial score (nSPS) is 11.7. The topological polar surface area (TPSA) is 69.9 Å². The predicted molar refractivity (Wildman–Crippen MR) is 358 cm³/mol. The molecule has 0 aliphatic heterocycles. The molecule has 17 aromatic rings. The van der Waals surface area contributed by atoms with Gasteiger partial charge in [0.25, 0.3) is 0 Å². The highest BCUT2D eigenvalue weighted by molar-refractivity contribution is 6.27. The molecule has 0 atom stereocenters. The van der Waals surface area contributed by atoms with Crippen molar-refractivity contribution in [1.29, 1.82) is 0 Å². The summed E-state index contributed by atoms with van der Waals surface area (Å²) in [5, 5.41) is 6.48. The number of para-hydroxylation sites is 2. The largest absolute Gasteiger partial charge is 0.456 e. The number of nitrogens with zero attached hydrogens (tertiary/aromatic N) is 4. The molecule has 6 nitrogen and oxygen atoms in total. The van der Waals surface area contributed by atoms with Crippen LogP contribution in [0.5, 0.6) is 0 Å². The maximum atomic E-state index is 6.51. The monoisotopic (exact) mass is 1110 g/mol. The number of rotatable bonds is 10. The number of fused-ring (bicyclic) bond motifs is 9. The Hall–Kier alpha value is -11.7. The van der Waals surface area contributed by atoms with Crippen LogP contribution in [-0.2, 0) is 0 Å². The molecule has 0 aliphatic rings. The van der Waals surface area contributed by atoms with Crippen LogP contribution in [0, 0.1) is 0 Å². The van der Waals surface area contributed by atoms with Crippen molar-refractivity contribution in [3.63, 3.8) is 0 Å². The van der Waals surface area contributed by atoms with E-state index in [0.717, 1.165) is 155 Å². The van der Waals surface area contributed by atoms with Crippen LogP contribution in [0.4, 0.5) is 0 Å². The van der Waals surface area contributed by atoms with Crippen molar-refractivity contribution in [2.24, 2.45) is 0 Å². The minimum absolute atomic E-state index is 0.512. The van der Waals surface area contributed by atoms with Crippen LogP contribution in [0.25, 0.3) is 172 Å². The summed E-state index contributed by atoms with van der Waals surface area (Å²) in [5.41, 5.74) is 21.8. The average molecular weight is 1110 g/mol. The van der Waals surface area contributed by atoms with Crippen molar-refractivity contribution >= 4 is 65.7 Å². The van der Waals surface area contributed by atoms with E-state index in [4.69, 9.17) is 23.8 Å². The van der Waals surface area contributed by atoms with Gasteiger partial charge in [0.15, 0.2) is 17.5 Å². The van der Waals surface area contributed by atoms with Crippen molar-refractivity contribution in [1.82, 2.24) is 19.5 Å². The van der Waals surface area contributed by atoms with Gasteiger partial charge in [-0.1, -0.05) is 255 Å². The minimum atomic E-state index is 0.512. The van der Waals surface area contributed by atoms with Crippen LogP contribution < -0.4 is 0 Å². The molecule has 0 saturated heterocycles. The third-order valence-electron chi connectivity index (χ3n) is 17.1. The molecule has 17 rings (SSSR count). The summed E-state index contributed by atoms with van der Waals surface area (Å²) >= 11 is 0. The van der Waals surface area contributed by atoms with Gasteiger partial charge in [0, 0.05) is 71.3 Å². The summed E-state index contributed by atoms with van der Waals surface area (Å²) in [6.07, 6.45) is 0. The molecule has 0 amide bonds. The summed E-state index contributed by atoms with van der Waals surface area (Å²) < 4.78 is 15.6. The first-order valence-corrected chi connectivity index (χ1v) is 29.4. The van der Waals surface area contributed by atoms with Crippen molar-refractivity contribution in [2.45, 2.75) is 0 Å². The van der Waals surface area contributed by atoms with E-state index in [0.29, 0.717) is 17.5 Å². The standard InChI is InChI=1S/C81H50N4O2/c1-7-23-51(24-8-1)60-43-45-62(53-27-11-3-12-28-53)77-74(60)75-61(52-25-9-2-10-26-52)44-46-63(54-29-13-4-14-30-54)78(75)85(77)76-68(55-31-15-5-16-32-55)47-59(48-69(76)56-33-17-6-18-34-56)81-83-79(57-39-41-66-64-35-19-21-37-70(64)86-72(66)49-57)82-80(84-81)58-40-42-67-65-36-20-22-38-71(65)87-73(67)50-58/h1-50H. The van der Waals surface area contributed by atoms with Crippen molar-refractivity contribution in [3.8, 4) is 107 Å². The molecule has 0 fully saturated rings. The molecule has 6 heteroatoms. The van der Waals surface area contributed by atoms with E-state index in [2.05, 4.69) is 271 Å². The highest BCUT2D eigenvalue weighted by atomic mass is 16.3. The van der Waals surface area contributed by atoms with E-state index in [1.54, 1.807) is 0 Å². The average Bonchev–Trinajstić information content (AvgIpc) is 1.76. The van der Waals surface area contributed by atoms with Gasteiger partial charge in [-0.15, -0.1) is 0 Å². The van der Waals surface area contributed by atoms with Crippen LogP contribution in [0.2, 0.25) is 0 Å². The van der Waals surface area contributed by atoms with Gasteiger partial charge < -0.3 is 13.4 Å². The summed E-state index contributed by atoms with van der Waals surface area (Å²) in [7, 11) is 0. The fraction of sp³-hybridized carbons (Fsp3) is 0. The fourth-order valence-corrected chi connectivity index (χ4v) is 13.1. The van der Waals surface area contributed by atoms with Gasteiger partial charge in [0.05, 0.1) is 16.7 Å². The molecule has 87 heavy (non-hydrogen) atoms. The molecule has 0 aliphatic carbocycles.